The van der Waals surface area contributed by atoms with Gasteiger partial charge in [-0.05, 0) is 12.5 Å². The van der Waals surface area contributed by atoms with Crippen LogP contribution >= 0.6 is 0 Å². The summed E-state index contributed by atoms with van der Waals surface area (Å²) in [6, 6.07) is 0.847. The van der Waals surface area contributed by atoms with Gasteiger partial charge in [0.15, 0.2) is 17.9 Å². The van der Waals surface area contributed by atoms with E-state index in [1.165, 1.54) is 6.07 Å². The van der Waals surface area contributed by atoms with Gasteiger partial charge in [0.25, 0.3) is 0 Å². The molecule has 3 rings (SSSR count). The van der Waals surface area contributed by atoms with Crippen LogP contribution in [0.3, 0.4) is 0 Å². The number of halogens is 2. The molecule has 1 aliphatic rings. The van der Waals surface area contributed by atoms with Gasteiger partial charge in [-0.3, -0.25) is 0 Å². The number of aromatic nitrogens is 1. The normalized spacial score (nSPS) is 17.0. The minimum Gasteiger partial charge on any atom is -0.396 e. The highest BCUT2D eigenvalue weighted by Gasteiger charge is 2.28. The molecule has 2 aromatic rings. The van der Waals surface area contributed by atoms with Gasteiger partial charge in [0.2, 0.25) is 11.4 Å². The Morgan fingerprint density at radius 1 is 1.26 bits per heavy atom. The van der Waals surface area contributed by atoms with E-state index < -0.39 is 24.0 Å². The Morgan fingerprint density at radius 3 is 2.65 bits per heavy atom. The maximum absolute atomic E-state index is 14.2. The standard InChI is InChI=1S/C14H16F2N2O5/c15-10-8(14-21-3-4-22-14)5-9-12(11(10)16)23-18-13(9)17-7(6-20)1-2-19/h5,7,14,19-20H,1-4,6H2,(H,17,18). The average Bonchev–Trinajstić information content (AvgIpc) is 3.20. The van der Waals surface area contributed by atoms with E-state index >= 15 is 0 Å². The van der Waals surface area contributed by atoms with Crippen molar-refractivity contribution in [1.29, 1.82) is 0 Å². The summed E-state index contributed by atoms with van der Waals surface area (Å²) >= 11 is 0. The topological polar surface area (TPSA) is 97.0 Å². The van der Waals surface area contributed by atoms with Crippen molar-refractivity contribution in [1.82, 2.24) is 5.16 Å². The SMILES string of the molecule is OCCC(CO)Nc1noc2c(F)c(F)c(C3OCCO3)cc12. The van der Waals surface area contributed by atoms with E-state index in [1.807, 2.05) is 0 Å². The van der Waals surface area contributed by atoms with E-state index in [1.54, 1.807) is 0 Å². The Hall–Kier alpha value is -1.81. The summed E-state index contributed by atoms with van der Waals surface area (Å²) in [6.07, 6.45) is -0.723. The zero-order valence-electron chi connectivity index (χ0n) is 12.1. The van der Waals surface area contributed by atoms with Crippen LogP contribution in [0.2, 0.25) is 0 Å². The molecule has 1 saturated heterocycles. The lowest BCUT2D eigenvalue weighted by Crippen LogP contribution is -2.25. The van der Waals surface area contributed by atoms with Crippen molar-refractivity contribution in [3.63, 3.8) is 0 Å². The van der Waals surface area contributed by atoms with E-state index in [0.717, 1.165) is 0 Å². The largest absolute Gasteiger partial charge is 0.396 e. The summed E-state index contributed by atoms with van der Waals surface area (Å²) in [4.78, 5) is 0. The lowest BCUT2D eigenvalue weighted by molar-refractivity contribution is -0.0467. The van der Waals surface area contributed by atoms with Crippen molar-refractivity contribution in [2.75, 3.05) is 31.7 Å². The lowest BCUT2D eigenvalue weighted by atomic mass is 10.1. The van der Waals surface area contributed by atoms with E-state index in [9.17, 15) is 13.9 Å². The third-order valence-corrected chi connectivity index (χ3v) is 3.59. The molecule has 2 heterocycles. The van der Waals surface area contributed by atoms with Crippen molar-refractivity contribution in [3.05, 3.63) is 23.3 Å². The number of benzene rings is 1. The lowest BCUT2D eigenvalue weighted by Gasteiger charge is -2.14. The molecule has 1 aliphatic heterocycles. The molecular weight excluding hydrogens is 314 g/mol. The first kappa shape index (κ1) is 16.1. The third kappa shape index (κ3) is 3.00. The van der Waals surface area contributed by atoms with Gasteiger partial charge in [-0.15, -0.1) is 0 Å². The number of hydrogen-bond donors (Lipinski definition) is 3. The molecule has 126 valence electrons. The Morgan fingerprint density at radius 2 is 2.00 bits per heavy atom. The second-order valence-electron chi connectivity index (χ2n) is 5.11. The van der Waals surface area contributed by atoms with Crippen LogP contribution in [0.15, 0.2) is 10.6 Å². The molecule has 0 spiro atoms. The number of nitrogens with zero attached hydrogens (tertiary/aromatic N) is 1. The Bertz CT molecular complexity index is 687. The predicted molar refractivity (Wildman–Crippen MR) is 74.8 cm³/mol. The van der Waals surface area contributed by atoms with E-state index in [2.05, 4.69) is 10.5 Å². The number of fused-ring (bicyclic) bond motifs is 1. The fourth-order valence-corrected chi connectivity index (χ4v) is 2.41. The van der Waals surface area contributed by atoms with Crippen LogP contribution in [0, 0.1) is 11.6 Å². The molecule has 1 fully saturated rings. The number of rotatable bonds is 6. The molecule has 0 bridgehead atoms. The van der Waals surface area contributed by atoms with Crippen LogP contribution in [0.1, 0.15) is 18.3 Å². The summed E-state index contributed by atoms with van der Waals surface area (Å²) in [7, 11) is 0. The maximum Gasteiger partial charge on any atom is 0.207 e. The summed E-state index contributed by atoms with van der Waals surface area (Å²) in [6.45, 7) is 0.176. The van der Waals surface area contributed by atoms with E-state index in [-0.39, 0.29) is 42.0 Å². The zero-order chi connectivity index (χ0) is 16.4. The molecule has 1 aromatic heterocycles. The fourth-order valence-electron chi connectivity index (χ4n) is 2.41. The van der Waals surface area contributed by atoms with E-state index in [4.69, 9.17) is 19.1 Å². The fraction of sp³-hybridized carbons (Fsp3) is 0.500. The highest BCUT2D eigenvalue weighted by Crippen LogP contribution is 2.34. The molecule has 0 saturated carbocycles. The molecular formula is C14H16F2N2O5. The van der Waals surface area contributed by atoms with E-state index in [0.29, 0.717) is 13.2 Å². The molecule has 1 aromatic carbocycles. The van der Waals surface area contributed by atoms with Gasteiger partial charge >= 0.3 is 0 Å². The molecule has 7 nitrogen and oxygen atoms in total. The Kier molecular flexibility index (Phi) is 4.71. The van der Waals surface area contributed by atoms with Gasteiger partial charge in [-0.1, -0.05) is 5.16 Å². The number of aliphatic hydroxyl groups excluding tert-OH is 2. The molecule has 1 atom stereocenters. The van der Waals surface area contributed by atoms with Gasteiger partial charge in [0, 0.05) is 12.2 Å². The van der Waals surface area contributed by atoms with Crippen molar-refractivity contribution in [2.24, 2.45) is 0 Å². The molecule has 23 heavy (non-hydrogen) atoms. The quantitative estimate of drug-likeness (QED) is 0.734. The highest BCUT2D eigenvalue weighted by molar-refractivity contribution is 5.89. The third-order valence-electron chi connectivity index (χ3n) is 3.59. The summed E-state index contributed by atoms with van der Waals surface area (Å²) in [5.74, 6) is -2.15. The second kappa shape index (κ2) is 6.75. The zero-order valence-corrected chi connectivity index (χ0v) is 12.1. The monoisotopic (exact) mass is 330 g/mol. The van der Waals surface area contributed by atoms with Crippen molar-refractivity contribution < 1.29 is 33.0 Å². The van der Waals surface area contributed by atoms with Crippen LogP contribution in [0.5, 0.6) is 0 Å². The summed E-state index contributed by atoms with van der Waals surface area (Å²) in [5, 5.41) is 24.9. The van der Waals surface area contributed by atoms with Crippen molar-refractivity contribution in [2.45, 2.75) is 18.8 Å². The van der Waals surface area contributed by atoms with Crippen LogP contribution < -0.4 is 5.32 Å². The molecule has 0 amide bonds. The van der Waals surface area contributed by atoms with Crippen molar-refractivity contribution in [3.8, 4) is 0 Å². The Balaban J connectivity index is 2.00. The number of aliphatic hydroxyl groups is 2. The minimum atomic E-state index is -1.18. The van der Waals surface area contributed by atoms with Gasteiger partial charge in [0.05, 0.1) is 31.2 Å². The first-order chi connectivity index (χ1) is 11.2. The first-order valence-corrected chi connectivity index (χ1v) is 7.14. The van der Waals surface area contributed by atoms with Crippen LogP contribution in [0.4, 0.5) is 14.6 Å². The van der Waals surface area contributed by atoms with Gasteiger partial charge in [0.1, 0.15) is 0 Å². The smallest absolute Gasteiger partial charge is 0.207 e. The van der Waals surface area contributed by atoms with Crippen LogP contribution in [-0.4, -0.2) is 47.8 Å². The first-order valence-electron chi connectivity index (χ1n) is 7.14. The average molecular weight is 330 g/mol. The van der Waals surface area contributed by atoms with Crippen LogP contribution in [-0.2, 0) is 9.47 Å². The Labute approximate surface area is 129 Å². The van der Waals surface area contributed by atoms with Gasteiger partial charge in [-0.2, -0.15) is 4.39 Å². The summed E-state index contributed by atoms with van der Waals surface area (Å²) < 4.78 is 43.5. The van der Waals surface area contributed by atoms with Crippen LogP contribution in [0.25, 0.3) is 11.0 Å². The maximum atomic E-state index is 14.2. The molecule has 0 aliphatic carbocycles. The van der Waals surface area contributed by atoms with Gasteiger partial charge in [-0.25, -0.2) is 4.39 Å². The number of nitrogens with one attached hydrogen (secondary N) is 1. The predicted octanol–water partition coefficient (Wildman–Crippen LogP) is 1.31. The van der Waals surface area contributed by atoms with Crippen molar-refractivity contribution >= 4 is 16.8 Å². The number of hydrogen-bond acceptors (Lipinski definition) is 7. The minimum absolute atomic E-state index is 0.0820. The number of anilines is 1. The highest BCUT2D eigenvalue weighted by atomic mass is 19.2. The summed E-state index contributed by atoms with van der Waals surface area (Å²) in [5.41, 5.74) is -0.422. The molecule has 9 heteroatoms. The second-order valence-corrected chi connectivity index (χ2v) is 5.11. The van der Waals surface area contributed by atoms with Gasteiger partial charge < -0.3 is 29.5 Å². The number of ether oxygens (including phenoxy) is 2. The molecule has 1 unspecified atom stereocenters. The molecule has 3 N–H and O–H groups in total. The molecule has 0 radical (unpaired) electrons.